The summed E-state index contributed by atoms with van der Waals surface area (Å²) >= 11 is 0. The van der Waals surface area contributed by atoms with Crippen molar-refractivity contribution < 1.29 is 14.7 Å². The molecule has 1 saturated heterocycles. The molecular formula is C21H24N2O3. The SMILES string of the molecule is CN(Cc1ccccc1)Cc1cccc(C(=O)N2CCC[C@@H]2C(=O)O)c1. The van der Waals surface area contributed by atoms with E-state index in [0.29, 0.717) is 18.5 Å². The van der Waals surface area contributed by atoms with Crippen LogP contribution in [0.15, 0.2) is 54.6 Å². The lowest BCUT2D eigenvalue weighted by Crippen LogP contribution is -2.40. The van der Waals surface area contributed by atoms with Gasteiger partial charge in [0.25, 0.3) is 5.91 Å². The fraction of sp³-hybridized carbons (Fsp3) is 0.333. The molecule has 1 aliphatic heterocycles. The fourth-order valence-corrected chi connectivity index (χ4v) is 3.50. The zero-order valence-corrected chi connectivity index (χ0v) is 15.0. The summed E-state index contributed by atoms with van der Waals surface area (Å²) in [5.74, 6) is -1.11. The molecule has 2 aromatic rings. The summed E-state index contributed by atoms with van der Waals surface area (Å²) in [5.41, 5.74) is 2.84. The van der Waals surface area contributed by atoms with Gasteiger partial charge >= 0.3 is 5.97 Å². The first kappa shape index (κ1) is 18.1. The average molecular weight is 352 g/mol. The van der Waals surface area contributed by atoms with Crippen LogP contribution in [0.3, 0.4) is 0 Å². The van der Waals surface area contributed by atoms with Gasteiger partial charge in [0.15, 0.2) is 0 Å². The normalized spacial score (nSPS) is 16.8. The molecular weight excluding hydrogens is 328 g/mol. The minimum absolute atomic E-state index is 0.192. The number of hydrogen-bond acceptors (Lipinski definition) is 3. The van der Waals surface area contributed by atoms with E-state index in [9.17, 15) is 14.7 Å². The predicted octanol–water partition coefficient (Wildman–Crippen LogP) is 3.01. The molecule has 1 aliphatic rings. The van der Waals surface area contributed by atoms with Crippen molar-refractivity contribution in [3.8, 4) is 0 Å². The Bertz CT molecular complexity index is 776. The van der Waals surface area contributed by atoms with Gasteiger partial charge in [0, 0.05) is 25.2 Å². The van der Waals surface area contributed by atoms with E-state index >= 15 is 0 Å². The Kier molecular flexibility index (Phi) is 5.68. The molecule has 5 nitrogen and oxygen atoms in total. The first-order chi connectivity index (χ1) is 12.5. The second kappa shape index (κ2) is 8.15. The Morgan fingerprint density at radius 3 is 2.50 bits per heavy atom. The summed E-state index contributed by atoms with van der Waals surface area (Å²) in [6, 6.07) is 17.0. The van der Waals surface area contributed by atoms with Gasteiger partial charge in [-0.15, -0.1) is 0 Å². The summed E-state index contributed by atoms with van der Waals surface area (Å²) < 4.78 is 0. The van der Waals surface area contributed by atoms with Crippen molar-refractivity contribution in [3.05, 3.63) is 71.3 Å². The van der Waals surface area contributed by atoms with Crippen LogP contribution < -0.4 is 0 Å². The smallest absolute Gasteiger partial charge is 0.326 e. The van der Waals surface area contributed by atoms with Crippen molar-refractivity contribution in [2.24, 2.45) is 0 Å². The number of carboxylic acid groups (broad SMARTS) is 1. The van der Waals surface area contributed by atoms with E-state index in [4.69, 9.17) is 0 Å². The third-order valence-corrected chi connectivity index (χ3v) is 4.72. The molecule has 0 aromatic heterocycles. The average Bonchev–Trinajstić information content (AvgIpc) is 3.12. The highest BCUT2D eigenvalue weighted by molar-refractivity contribution is 5.97. The first-order valence-electron chi connectivity index (χ1n) is 8.90. The number of benzene rings is 2. The molecule has 1 N–H and O–H groups in total. The van der Waals surface area contributed by atoms with Gasteiger partial charge in [-0.3, -0.25) is 9.69 Å². The molecule has 0 radical (unpaired) electrons. The van der Waals surface area contributed by atoms with Crippen LogP contribution in [-0.4, -0.2) is 46.4 Å². The molecule has 2 aromatic carbocycles. The predicted molar refractivity (Wildman–Crippen MR) is 99.7 cm³/mol. The Morgan fingerprint density at radius 1 is 1.08 bits per heavy atom. The van der Waals surface area contributed by atoms with Crippen LogP contribution in [0.5, 0.6) is 0 Å². The number of amides is 1. The second-order valence-corrected chi connectivity index (χ2v) is 6.85. The Balaban J connectivity index is 1.68. The van der Waals surface area contributed by atoms with Gasteiger partial charge in [0.05, 0.1) is 0 Å². The maximum Gasteiger partial charge on any atom is 0.326 e. The number of likely N-dealkylation sites (tertiary alicyclic amines) is 1. The highest BCUT2D eigenvalue weighted by Crippen LogP contribution is 2.21. The van der Waals surface area contributed by atoms with Crippen molar-refractivity contribution in [1.29, 1.82) is 0 Å². The van der Waals surface area contributed by atoms with Gasteiger partial charge in [-0.2, -0.15) is 0 Å². The van der Waals surface area contributed by atoms with Gasteiger partial charge in [-0.05, 0) is 43.1 Å². The van der Waals surface area contributed by atoms with Crippen molar-refractivity contribution in [2.75, 3.05) is 13.6 Å². The van der Waals surface area contributed by atoms with E-state index in [1.165, 1.54) is 10.5 Å². The van der Waals surface area contributed by atoms with E-state index in [-0.39, 0.29) is 5.91 Å². The molecule has 1 fully saturated rings. The van der Waals surface area contributed by atoms with E-state index in [1.54, 1.807) is 6.07 Å². The number of carbonyl (C=O) groups excluding carboxylic acids is 1. The molecule has 5 heteroatoms. The molecule has 0 bridgehead atoms. The van der Waals surface area contributed by atoms with E-state index in [2.05, 4.69) is 17.0 Å². The number of aliphatic carboxylic acids is 1. The summed E-state index contributed by atoms with van der Waals surface area (Å²) in [6.07, 6.45) is 1.27. The van der Waals surface area contributed by atoms with E-state index in [1.807, 2.05) is 43.4 Å². The summed E-state index contributed by atoms with van der Waals surface area (Å²) in [6.45, 7) is 2.05. The van der Waals surface area contributed by atoms with Crippen molar-refractivity contribution in [3.63, 3.8) is 0 Å². The van der Waals surface area contributed by atoms with Crippen LogP contribution in [0, 0.1) is 0 Å². The van der Waals surface area contributed by atoms with Gasteiger partial charge in [0.2, 0.25) is 0 Å². The highest BCUT2D eigenvalue weighted by Gasteiger charge is 2.34. The third-order valence-electron chi connectivity index (χ3n) is 4.72. The largest absolute Gasteiger partial charge is 0.480 e. The Hall–Kier alpha value is -2.66. The number of rotatable bonds is 6. The number of nitrogens with zero attached hydrogens (tertiary/aromatic N) is 2. The third kappa shape index (κ3) is 4.29. The number of hydrogen-bond donors (Lipinski definition) is 1. The van der Waals surface area contributed by atoms with Crippen LogP contribution in [-0.2, 0) is 17.9 Å². The molecule has 1 amide bonds. The standard InChI is InChI=1S/C21H24N2O3/c1-22(14-16-7-3-2-4-8-16)15-17-9-5-10-18(13-17)20(24)23-12-6-11-19(23)21(25)26/h2-5,7-10,13,19H,6,11-12,14-15H2,1H3,(H,25,26)/t19-/m1/s1. The van der Waals surface area contributed by atoms with Gasteiger partial charge in [0.1, 0.15) is 6.04 Å². The summed E-state index contributed by atoms with van der Waals surface area (Å²) in [5, 5.41) is 9.29. The quantitative estimate of drug-likeness (QED) is 0.868. The molecule has 136 valence electrons. The van der Waals surface area contributed by atoms with Gasteiger partial charge < -0.3 is 10.0 Å². The molecule has 0 aliphatic carbocycles. The molecule has 0 unspecified atom stereocenters. The topological polar surface area (TPSA) is 60.9 Å². The van der Waals surface area contributed by atoms with Crippen LogP contribution in [0.4, 0.5) is 0 Å². The van der Waals surface area contributed by atoms with Gasteiger partial charge in [-0.1, -0.05) is 42.5 Å². The monoisotopic (exact) mass is 352 g/mol. The number of carbonyl (C=O) groups is 2. The first-order valence-corrected chi connectivity index (χ1v) is 8.90. The number of carboxylic acids is 1. The van der Waals surface area contributed by atoms with E-state index < -0.39 is 12.0 Å². The lowest BCUT2D eigenvalue weighted by Gasteiger charge is -2.22. The highest BCUT2D eigenvalue weighted by atomic mass is 16.4. The zero-order chi connectivity index (χ0) is 18.5. The summed E-state index contributed by atoms with van der Waals surface area (Å²) in [4.78, 5) is 27.7. The van der Waals surface area contributed by atoms with Crippen LogP contribution in [0.2, 0.25) is 0 Å². The molecule has 1 atom stereocenters. The zero-order valence-electron chi connectivity index (χ0n) is 15.0. The molecule has 1 heterocycles. The molecule has 3 rings (SSSR count). The van der Waals surface area contributed by atoms with Crippen molar-refractivity contribution in [2.45, 2.75) is 32.0 Å². The van der Waals surface area contributed by atoms with Crippen LogP contribution >= 0.6 is 0 Å². The summed E-state index contributed by atoms with van der Waals surface area (Å²) in [7, 11) is 2.04. The lowest BCUT2D eigenvalue weighted by atomic mass is 10.1. The maximum atomic E-state index is 12.7. The molecule has 0 spiro atoms. The second-order valence-electron chi connectivity index (χ2n) is 6.85. The Labute approximate surface area is 153 Å². The van der Waals surface area contributed by atoms with Crippen LogP contribution in [0.1, 0.15) is 34.3 Å². The minimum atomic E-state index is -0.922. The van der Waals surface area contributed by atoms with Gasteiger partial charge in [-0.25, -0.2) is 4.79 Å². The van der Waals surface area contributed by atoms with E-state index in [0.717, 1.165) is 25.1 Å². The minimum Gasteiger partial charge on any atom is -0.480 e. The lowest BCUT2D eigenvalue weighted by molar-refractivity contribution is -0.141. The maximum absolute atomic E-state index is 12.7. The molecule has 0 saturated carbocycles. The molecule has 26 heavy (non-hydrogen) atoms. The van der Waals surface area contributed by atoms with Crippen molar-refractivity contribution >= 4 is 11.9 Å². The fourth-order valence-electron chi connectivity index (χ4n) is 3.50. The van der Waals surface area contributed by atoms with Crippen molar-refractivity contribution in [1.82, 2.24) is 9.80 Å². The Morgan fingerprint density at radius 2 is 1.77 bits per heavy atom. The van der Waals surface area contributed by atoms with Crippen LogP contribution in [0.25, 0.3) is 0 Å².